The summed E-state index contributed by atoms with van der Waals surface area (Å²) in [6.45, 7) is 0.415. The first-order valence-electron chi connectivity index (χ1n) is 8.48. The Morgan fingerprint density at radius 2 is 2.12 bits per heavy atom. The van der Waals surface area contributed by atoms with Crippen molar-refractivity contribution in [1.82, 2.24) is 14.5 Å². The van der Waals surface area contributed by atoms with Gasteiger partial charge in [-0.3, -0.25) is 10.1 Å². The van der Waals surface area contributed by atoms with Gasteiger partial charge in [-0.25, -0.2) is 9.97 Å². The smallest absolute Gasteiger partial charge is 0.277 e. The van der Waals surface area contributed by atoms with Crippen molar-refractivity contribution in [3.63, 3.8) is 0 Å². The third-order valence-corrected chi connectivity index (χ3v) is 5.39. The summed E-state index contributed by atoms with van der Waals surface area (Å²) >= 11 is 1.42. The molecule has 0 bridgehead atoms. The maximum Gasteiger partial charge on any atom is 0.277 e. The molecular weight excluding hydrogens is 336 g/mol. The molecule has 0 aliphatic heterocycles. The molecule has 1 N–H and O–H groups in total. The van der Waals surface area contributed by atoms with Crippen LogP contribution in [0.25, 0.3) is 11.0 Å². The second-order valence-corrected chi connectivity index (χ2v) is 7.19. The minimum Gasteiger partial charge on any atom is -0.378 e. The van der Waals surface area contributed by atoms with Gasteiger partial charge >= 0.3 is 0 Å². The van der Waals surface area contributed by atoms with Crippen molar-refractivity contribution >= 4 is 34.2 Å². The molecule has 2 heterocycles. The monoisotopic (exact) mass is 356 g/mol. The number of anilines is 1. The molecule has 1 saturated carbocycles. The fraction of sp³-hybridized carbons (Fsp3) is 0.389. The fourth-order valence-corrected chi connectivity index (χ4v) is 4.18. The summed E-state index contributed by atoms with van der Waals surface area (Å²) < 4.78 is 7.25. The van der Waals surface area contributed by atoms with Crippen molar-refractivity contribution in [2.24, 2.45) is 0 Å². The van der Waals surface area contributed by atoms with Crippen LogP contribution in [0.15, 0.2) is 29.6 Å². The van der Waals surface area contributed by atoms with E-state index in [4.69, 9.17) is 4.74 Å². The number of para-hydroxylation sites is 2. The number of hydrogen-bond donors (Lipinski definition) is 1. The topological polar surface area (TPSA) is 69.0 Å². The van der Waals surface area contributed by atoms with E-state index < -0.39 is 0 Å². The number of methoxy groups -OCH3 is 1. The number of rotatable bonds is 5. The van der Waals surface area contributed by atoms with Gasteiger partial charge in [-0.05, 0) is 25.0 Å². The number of carbonyl (C=O) groups is 1. The lowest BCUT2D eigenvalue weighted by atomic mass is 10.2. The van der Waals surface area contributed by atoms with Gasteiger partial charge in [0.05, 0.1) is 17.6 Å². The number of thiazole rings is 1. The molecule has 7 heteroatoms. The van der Waals surface area contributed by atoms with Gasteiger partial charge in [0.1, 0.15) is 10.7 Å². The van der Waals surface area contributed by atoms with E-state index in [-0.39, 0.29) is 5.91 Å². The average molecular weight is 356 g/mol. The number of nitrogens with zero attached hydrogens (tertiary/aromatic N) is 3. The van der Waals surface area contributed by atoms with E-state index in [9.17, 15) is 4.79 Å². The Balaban J connectivity index is 1.65. The Bertz CT molecular complexity index is 896. The molecular formula is C18H20N4O2S. The van der Waals surface area contributed by atoms with E-state index in [2.05, 4.69) is 25.9 Å². The highest BCUT2D eigenvalue weighted by Crippen LogP contribution is 2.35. The van der Waals surface area contributed by atoms with E-state index >= 15 is 0 Å². The molecule has 1 aromatic carbocycles. The van der Waals surface area contributed by atoms with E-state index in [0.717, 1.165) is 28.9 Å². The van der Waals surface area contributed by atoms with Crippen LogP contribution in [-0.2, 0) is 11.3 Å². The Labute approximate surface area is 149 Å². The SMILES string of the molecule is COCc1nc(C(=O)Nc2nc3ccccc3n2C2CCCC2)cs1. The van der Waals surface area contributed by atoms with Crippen LogP contribution < -0.4 is 5.32 Å². The van der Waals surface area contributed by atoms with E-state index in [1.54, 1.807) is 12.5 Å². The van der Waals surface area contributed by atoms with Gasteiger partial charge in [-0.1, -0.05) is 25.0 Å². The fourth-order valence-electron chi connectivity index (χ4n) is 3.44. The van der Waals surface area contributed by atoms with Crippen LogP contribution in [0, 0.1) is 0 Å². The quantitative estimate of drug-likeness (QED) is 0.750. The molecule has 4 rings (SSSR count). The van der Waals surface area contributed by atoms with Crippen LogP contribution in [0.2, 0.25) is 0 Å². The number of benzene rings is 1. The van der Waals surface area contributed by atoms with Crippen molar-refractivity contribution in [2.75, 3.05) is 12.4 Å². The van der Waals surface area contributed by atoms with E-state index in [1.165, 1.54) is 24.2 Å². The van der Waals surface area contributed by atoms with Gasteiger partial charge in [0.25, 0.3) is 5.91 Å². The van der Waals surface area contributed by atoms with Crippen molar-refractivity contribution < 1.29 is 9.53 Å². The van der Waals surface area contributed by atoms with Gasteiger partial charge in [0, 0.05) is 18.5 Å². The highest BCUT2D eigenvalue weighted by Gasteiger charge is 2.24. The highest BCUT2D eigenvalue weighted by molar-refractivity contribution is 7.09. The normalized spacial score (nSPS) is 15.1. The summed E-state index contributed by atoms with van der Waals surface area (Å²) in [7, 11) is 1.62. The van der Waals surface area contributed by atoms with Crippen molar-refractivity contribution in [2.45, 2.75) is 38.3 Å². The van der Waals surface area contributed by atoms with Gasteiger partial charge in [0.2, 0.25) is 5.95 Å². The lowest BCUT2D eigenvalue weighted by Gasteiger charge is -2.16. The minimum atomic E-state index is -0.229. The third-order valence-electron chi connectivity index (χ3n) is 4.56. The summed E-state index contributed by atoms with van der Waals surface area (Å²) in [6.07, 6.45) is 4.68. The lowest BCUT2D eigenvalue weighted by molar-refractivity contribution is 0.102. The standard InChI is InChI=1S/C18H20N4O2S/c1-24-10-16-19-14(11-25-16)17(23)21-18-20-13-8-4-5-9-15(13)22(18)12-6-2-3-7-12/h4-5,8-9,11-12H,2-3,6-7,10H2,1H3,(H,20,21,23). The van der Waals surface area contributed by atoms with E-state index in [1.807, 2.05) is 18.2 Å². The second-order valence-electron chi connectivity index (χ2n) is 6.25. The largest absolute Gasteiger partial charge is 0.378 e. The third kappa shape index (κ3) is 3.17. The maximum absolute atomic E-state index is 12.6. The number of nitrogens with one attached hydrogen (secondary N) is 1. The molecule has 0 spiro atoms. The zero-order valence-electron chi connectivity index (χ0n) is 14.1. The molecule has 1 aliphatic rings. The van der Waals surface area contributed by atoms with Gasteiger partial charge < -0.3 is 9.30 Å². The number of carbonyl (C=O) groups excluding carboxylic acids is 1. The van der Waals surface area contributed by atoms with E-state index in [0.29, 0.717) is 24.3 Å². The Hall–Kier alpha value is -2.25. The first-order valence-corrected chi connectivity index (χ1v) is 9.36. The second kappa shape index (κ2) is 6.93. The molecule has 0 atom stereocenters. The van der Waals surface area contributed by atoms with Crippen LogP contribution in [0.5, 0.6) is 0 Å². The number of ether oxygens (including phenoxy) is 1. The summed E-state index contributed by atoms with van der Waals surface area (Å²) in [5.41, 5.74) is 2.38. The molecule has 1 aliphatic carbocycles. The van der Waals surface area contributed by atoms with Crippen LogP contribution >= 0.6 is 11.3 Å². The van der Waals surface area contributed by atoms with Crippen LogP contribution in [0.4, 0.5) is 5.95 Å². The molecule has 1 fully saturated rings. The number of hydrogen-bond acceptors (Lipinski definition) is 5. The van der Waals surface area contributed by atoms with Crippen molar-refractivity contribution in [3.8, 4) is 0 Å². The minimum absolute atomic E-state index is 0.229. The predicted molar refractivity (Wildman–Crippen MR) is 98.0 cm³/mol. The molecule has 0 radical (unpaired) electrons. The Kier molecular flexibility index (Phi) is 4.50. The predicted octanol–water partition coefficient (Wildman–Crippen LogP) is 4.01. The molecule has 3 aromatic rings. The molecule has 1 amide bonds. The average Bonchev–Trinajstić information content (AvgIpc) is 3.33. The van der Waals surface area contributed by atoms with Crippen LogP contribution in [0.1, 0.15) is 47.2 Å². The molecule has 0 unspecified atom stereocenters. The van der Waals surface area contributed by atoms with Crippen molar-refractivity contribution in [1.29, 1.82) is 0 Å². The number of imidazole rings is 1. The molecule has 25 heavy (non-hydrogen) atoms. The number of aromatic nitrogens is 3. The zero-order chi connectivity index (χ0) is 17.2. The lowest BCUT2D eigenvalue weighted by Crippen LogP contribution is -2.18. The van der Waals surface area contributed by atoms with Crippen molar-refractivity contribution in [3.05, 3.63) is 40.3 Å². The van der Waals surface area contributed by atoms with Gasteiger partial charge in [-0.2, -0.15) is 0 Å². The number of fused-ring (bicyclic) bond motifs is 1. The summed E-state index contributed by atoms with van der Waals surface area (Å²) in [4.78, 5) is 21.6. The van der Waals surface area contributed by atoms with Gasteiger partial charge in [-0.15, -0.1) is 11.3 Å². The van der Waals surface area contributed by atoms with Gasteiger partial charge in [0.15, 0.2) is 0 Å². The highest BCUT2D eigenvalue weighted by atomic mass is 32.1. The Morgan fingerprint density at radius 1 is 1.32 bits per heavy atom. The molecule has 130 valence electrons. The molecule has 0 saturated heterocycles. The van der Waals surface area contributed by atoms with Crippen LogP contribution in [-0.4, -0.2) is 27.6 Å². The first-order chi connectivity index (χ1) is 12.3. The number of amides is 1. The summed E-state index contributed by atoms with van der Waals surface area (Å²) in [5, 5.41) is 5.51. The molecule has 2 aromatic heterocycles. The molecule has 6 nitrogen and oxygen atoms in total. The van der Waals surface area contributed by atoms with Crippen LogP contribution in [0.3, 0.4) is 0 Å². The summed E-state index contributed by atoms with van der Waals surface area (Å²) in [6, 6.07) is 8.42. The maximum atomic E-state index is 12.6. The first kappa shape index (κ1) is 16.2. The Morgan fingerprint density at radius 3 is 2.92 bits per heavy atom. The zero-order valence-corrected chi connectivity index (χ0v) is 14.9. The summed E-state index contributed by atoms with van der Waals surface area (Å²) in [5.74, 6) is 0.382.